The van der Waals surface area contributed by atoms with Crippen LogP contribution in [0.2, 0.25) is 0 Å². The molecule has 0 unspecified atom stereocenters. The predicted molar refractivity (Wildman–Crippen MR) is 146 cm³/mol. The number of rotatable bonds is 9. The van der Waals surface area contributed by atoms with Gasteiger partial charge in [0.25, 0.3) is 26.0 Å². The number of nitrogens with one attached hydrogen (secondary N) is 2. The second kappa shape index (κ2) is 12.6. The Balaban J connectivity index is 1.61. The lowest BCUT2D eigenvalue weighted by molar-refractivity contribution is -0.134. The van der Waals surface area contributed by atoms with Gasteiger partial charge in [-0.2, -0.15) is 0 Å². The van der Waals surface area contributed by atoms with Crippen molar-refractivity contribution < 1.29 is 39.9 Å². The number of anilines is 2. The predicted octanol–water partition coefficient (Wildman–Crippen LogP) is 4.13. The first-order chi connectivity index (χ1) is 19.4. The number of sulfonamides is 2. The Morgan fingerprint density at radius 1 is 0.707 bits per heavy atom. The highest BCUT2D eigenvalue weighted by atomic mass is 32.2. The maximum absolute atomic E-state index is 13.3. The fourth-order valence-electron chi connectivity index (χ4n) is 4.14. The van der Waals surface area contributed by atoms with Gasteiger partial charge in [0, 0.05) is 13.1 Å². The van der Waals surface area contributed by atoms with Crippen molar-refractivity contribution in [3.63, 3.8) is 0 Å². The highest BCUT2D eigenvalue weighted by Gasteiger charge is 2.22. The van der Waals surface area contributed by atoms with E-state index in [-0.39, 0.29) is 32.6 Å². The number of esters is 1. The van der Waals surface area contributed by atoms with Gasteiger partial charge in [0.2, 0.25) is 0 Å². The topological polar surface area (TPSA) is 139 Å². The summed E-state index contributed by atoms with van der Waals surface area (Å²) in [7, 11) is -8.56. The Hall–Kier alpha value is -4.04. The zero-order chi connectivity index (χ0) is 29.6. The number of halogens is 2. The maximum atomic E-state index is 13.3. The number of carbonyl (C=O) groups is 2. The number of ether oxygens (including phenoxy) is 1. The minimum atomic E-state index is -4.28. The molecular formula is C27H27F2N3O7S2. The number of likely N-dealkylation sites (tertiary alicyclic amines) is 1. The summed E-state index contributed by atoms with van der Waals surface area (Å²) in [6.07, 6.45) is 3.68. The van der Waals surface area contributed by atoms with E-state index in [4.69, 9.17) is 4.74 Å². The molecular weight excluding hydrogens is 580 g/mol. The van der Waals surface area contributed by atoms with Crippen LogP contribution in [0.15, 0.2) is 76.5 Å². The highest BCUT2D eigenvalue weighted by molar-refractivity contribution is 7.93. The van der Waals surface area contributed by atoms with E-state index in [1.807, 2.05) is 0 Å². The molecule has 0 radical (unpaired) electrons. The fourth-order valence-corrected chi connectivity index (χ4v) is 6.22. The third-order valence-corrected chi connectivity index (χ3v) is 9.00. The molecule has 218 valence electrons. The molecule has 0 saturated carbocycles. The molecule has 14 heteroatoms. The summed E-state index contributed by atoms with van der Waals surface area (Å²) in [6, 6.07) is 11.2. The molecule has 1 amide bonds. The van der Waals surface area contributed by atoms with Crippen LogP contribution < -0.4 is 9.44 Å². The van der Waals surface area contributed by atoms with E-state index < -0.39 is 44.3 Å². The summed E-state index contributed by atoms with van der Waals surface area (Å²) >= 11 is 0. The van der Waals surface area contributed by atoms with Crippen LogP contribution in [0.3, 0.4) is 0 Å². The minimum Gasteiger partial charge on any atom is -0.452 e. The molecule has 1 saturated heterocycles. The quantitative estimate of drug-likeness (QED) is 0.349. The molecule has 0 atom stereocenters. The molecule has 4 rings (SSSR count). The van der Waals surface area contributed by atoms with E-state index in [9.17, 15) is 35.2 Å². The van der Waals surface area contributed by atoms with E-state index in [0.29, 0.717) is 13.1 Å². The fraction of sp³-hybridized carbons (Fsp3) is 0.259. The zero-order valence-electron chi connectivity index (χ0n) is 21.7. The SMILES string of the molecule is O=C(OCC(=O)N1CCCCCC1)c1cc(NS(=O)(=O)c2ccc(F)cc2)cc(NS(=O)(=O)c2ccc(F)cc2)c1. The van der Waals surface area contributed by atoms with Gasteiger partial charge in [-0.15, -0.1) is 0 Å². The minimum absolute atomic E-state index is 0.223. The van der Waals surface area contributed by atoms with Gasteiger partial charge in [-0.1, -0.05) is 12.8 Å². The largest absolute Gasteiger partial charge is 0.452 e. The Morgan fingerprint density at radius 2 is 1.15 bits per heavy atom. The Morgan fingerprint density at radius 3 is 1.59 bits per heavy atom. The summed E-state index contributed by atoms with van der Waals surface area (Å²) in [5.41, 5.74) is -0.705. The third-order valence-electron chi connectivity index (χ3n) is 6.21. The summed E-state index contributed by atoms with van der Waals surface area (Å²) < 4.78 is 87.8. The Labute approximate surface area is 236 Å². The molecule has 0 aromatic heterocycles. The molecule has 0 spiro atoms. The van der Waals surface area contributed by atoms with Crippen LogP contribution in [0, 0.1) is 11.6 Å². The number of hydrogen-bond acceptors (Lipinski definition) is 7. The smallest absolute Gasteiger partial charge is 0.338 e. The standard InChI is InChI=1S/C27H27F2N3O7S2/c28-20-5-9-24(10-6-20)40(35,36)30-22-15-19(27(34)39-18-26(33)32-13-3-1-2-4-14-32)16-23(17-22)31-41(37,38)25-11-7-21(29)8-12-25/h5-12,15-17,30-31H,1-4,13-14,18H2. The van der Waals surface area contributed by atoms with Crippen molar-refractivity contribution in [2.75, 3.05) is 29.1 Å². The van der Waals surface area contributed by atoms with E-state index in [1.54, 1.807) is 4.90 Å². The molecule has 10 nitrogen and oxygen atoms in total. The van der Waals surface area contributed by atoms with Gasteiger partial charge in [-0.25, -0.2) is 30.4 Å². The summed E-state index contributed by atoms with van der Waals surface area (Å²) in [5.74, 6) is -2.69. The van der Waals surface area contributed by atoms with Crippen molar-refractivity contribution in [1.29, 1.82) is 0 Å². The first-order valence-corrected chi connectivity index (χ1v) is 15.6. The van der Waals surface area contributed by atoms with Crippen LogP contribution in [0.5, 0.6) is 0 Å². The zero-order valence-corrected chi connectivity index (χ0v) is 23.3. The van der Waals surface area contributed by atoms with Gasteiger partial charge in [0.1, 0.15) is 11.6 Å². The molecule has 0 bridgehead atoms. The molecule has 1 fully saturated rings. The summed E-state index contributed by atoms with van der Waals surface area (Å²) in [4.78, 5) is 26.5. The average molecular weight is 608 g/mol. The lowest BCUT2D eigenvalue weighted by atomic mass is 10.2. The van der Waals surface area contributed by atoms with Crippen molar-refractivity contribution in [1.82, 2.24) is 4.90 Å². The third kappa shape index (κ3) is 8.01. The molecule has 3 aromatic carbocycles. The number of hydrogen-bond donors (Lipinski definition) is 2. The Kier molecular flexibility index (Phi) is 9.23. The lowest BCUT2D eigenvalue weighted by Gasteiger charge is -2.20. The van der Waals surface area contributed by atoms with Gasteiger partial charge < -0.3 is 9.64 Å². The first-order valence-electron chi connectivity index (χ1n) is 12.6. The maximum Gasteiger partial charge on any atom is 0.338 e. The highest BCUT2D eigenvalue weighted by Crippen LogP contribution is 2.25. The van der Waals surface area contributed by atoms with Crippen molar-refractivity contribution in [2.45, 2.75) is 35.5 Å². The van der Waals surface area contributed by atoms with E-state index in [1.165, 1.54) is 0 Å². The van der Waals surface area contributed by atoms with Crippen LogP contribution in [0.25, 0.3) is 0 Å². The Bertz CT molecular complexity index is 1530. The van der Waals surface area contributed by atoms with E-state index in [0.717, 1.165) is 92.4 Å². The number of amides is 1. The molecule has 1 aliphatic heterocycles. The van der Waals surface area contributed by atoms with Gasteiger partial charge >= 0.3 is 5.97 Å². The number of nitrogens with zero attached hydrogens (tertiary/aromatic N) is 1. The monoisotopic (exact) mass is 607 g/mol. The van der Waals surface area contributed by atoms with Crippen molar-refractivity contribution in [3.8, 4) is 0 Å². The molecule has 2 N–H and O–H groups in total. The van der Waals surface area contributed by atoms with Crippen LogP contribution in [-0.2, 0) is 29.6 Å². The van der Waals surface area contributed by atoms with Crippen LogP contribution >= 0.6 is 0 Å². The van der Waals surface area contributed by atoms with Gasteiger partial charge in [0.05, 0.1) is 26.7 Å². The van der Waals surface area contributed by atoms with Crippen molar-refractivity contribution >= 4 is 43.3 Å². The van der Waals surface area contributed by atoms with Gasteiger partial charge in [0.15, 0.2) is 6.61 Å². The lowest BCUT2D eigenvalue weighted by Crippen LogP contribution is -2.35. The van der Waals surface area contributed by atoms with Crippen molar-refractivity contribution in [3.05, 3.63) is 83.9 Å². The summed E-state index contributed by atoms with van der Waals surface area (Å²) in [5, 5.41) is 0. The van der Waals surface area contributed by atoms with Crippen LogP contribution in [0.1, 0.15) is 36.0 Å². The summed E-state index contributed by atoms with van der Waals surface area (Å²) in [6.45, 7) is 0.541. The van der Waals surface area contributed by atoms with Gasteiger partial charge in [-0.3, -0.25) is 14.2 Å². The first kappa shape index (κ1) is 29.9. The van der Waals surface area contributed by atoms with Gasteiger partial charge in [-0.05, 0) is 79.6 Å². The number of carbonyl (C=O) groups excluding carboxylic acids is 2. The molecule has 0 aliphatic carbocycles. The molecule has 1 aliphatic rings. The van der Waals surface area contributed by atoms with E-state index >= 15 is 0 Å². The number of benzene rings is 3. The second-order valence-corrected chi connectivity index (χ2v) is 12.7. The van der Waals surface area contributed by atoms with Crippen molar-refractivity contribution in [2.24, 2.45) is 0 Å². The average Bonchev–Trinajstić information content (AvgIpc) is 3.21. The molecule has 3 aromatic rings. The normalized spacial score (nSPS) is 14.1. The van der Waals surface area contributed by atoms with E-state index in [2.05, 4.69) is 9.44 Å². The molecule has 41 heavy (non-hydrogen) atoms. The second-order valence-electron chi connectivity index (χ2n) is 9.29. The molecule has 1 heterocycles. The van der Waals surface area contributed by atoms with Crippen LogP contribution in [0.4, 0.5) is 20.2 Å². The van der Waals surface area contributed by atoms with Crippen LogP contribution in [-0.4, -0.2) is 53.3 Å².